The molecule has 0 aliphatic rings. The highest BCUT2D eigenvalue weighted by molar-refractivity contribution is 7.98. The van der Waals surface area contributed by atoms with E-state index in [0.717, 1.165) is 10.5 Å². The zero-order valence-electron chi connectivity index (χ0n) is 13.9. The maximum atomic E-state index is 12.2. The van der Waals surface area contributed by atoms with Crippen LogP contribution < -0.4 is 10.0 Å². The summed E-state index contributed by atoms with van der Waals surface area (Å²) in [5.74, 6) is -0.651. The Bertz CT molecular complexity index is 870. The first-order chi connectivity index (χ1) is 11.8. The maximum Gasteiger partial charge on any atom is 0.239 e. The summed E-state index contributed by atoms with van der Waals surface area (Å²) < 4.78 is 26.7. The van der Waals surface area contributed by atoms with Crippen molar-refractivity contribution in [1.82, 2.24) is 4.72 Å². The van der Waals surface area contributed by atoms with Gasteiger partial charge in [-0.3, -0.25) is 4.79 Å². The second-order valence-electron chi connectivity index (χ2n) is 5.40. The van der Waals surface area contributed by atoms with E-state index in [0.29, 0.717) is 16.3 Å². The summed E-state index contributed by atoms with van der Waals surface area (Å²) in [6, 6.07) is 12.4. The van der Waals surface area contributed by atoms with Crippen LogP contribution in [0.1, 0.15) is 11.1 Å². The number of benzene rings is 2. The van der Waals surface area contributed by atoms with Crippen LogP contribution in [0.3, 0.4) is 0 Å². The van der Waals surface area contributed by atoms with Crippen LogP contribution in [0.4, 0.5) is 5.69 Å². The average molecular weight is 399 g/mol. The predicted octanol–water partition coefficient (Wildman–Crippen LogP) is 3.43. The van der Waals surface area contributed by atoms with Gasteiger partial charge in [0, 0.05) is 9.92 Å². The molecule has 8 heteroatoms. The molecule has 0 aromatic heterocycles. The van der Waals surface area contributed by atoms with Gasteiger partial charge in [0.1, 0.15) is 0 Å². The second-order valence-corrected chi connectivity index (χ2v) is 8.49. The molecular weight excluding hydrogens is 380 g/mol. The zero-order chi connectivity index (χ0) is 18.4. The van der Waals surface area contributed by atoms with Gasteiger partial charge in [-0.2, -0.15) is 0 Å². The Morgan fingerprint density at radius 3 is 2.64 bits per heavy atom. The molecule has 25 heavy (non-hydrogen) atoms. The number of thioether (sulfide) groups is 1. The summed E-state index contributed by atoms with van der Waals surface area (Å²) in [6.07, 6.45) is 1.90. The van der Waals surface area contributed by atoms with Crippen molar-refractivity contribution in [3.8, 4) is 0 Å². The molecule has 0 unspecified atom stereocenters. The van der Waals surface area contributed by atoms with E-state index in [2.05, 4.69) is 10.0 Å². The number of hydrogen-bond acceptors (Lipinski definition) is 4. The van der Waals surface area contributed by atoms with Crippen LogP contribution in [-0.2, 0) is 20.6 Å². The van der Waals surface area contributed by atoms with Gasteiger partial charge in [0.25, 0.3) is 0 Å². The predicted molar refractivity (Wildman–Crippen MR) is 104 cm³/mol. The van der Waals surface area contributed by atoms with Gasteiger partial charge in [0.2, 0.25) is 15.9 Å². The first-order valence-electron chi connectivity index (χ1n) is 7.46. The Morgan fingerprint density at radius 1 is 1.20 bits per heavy atom. The van der Waals surface area contributed by atoms with Crippen molar-refractivity contribution >= 4 is 45.0 Å². The SMILES string of the molecule is CSc1ccccc1NC(=O)CNS(=O)(=O)Cc1cc(Cl)ccc1C. The number of carbonyl (C=O) groups excluding carboxylic acids is 1. The van der Waals surface area contributed by atoms with Crippen LogP contribution in [-0.4, -0.2) is 27.1 Å². The van der Waals surface area contributed by atoms with Crippen molar-refractivity contribution in [3.63, 3.8) is 0 Å². The molecule has 5 nitrogen and oxygen atoms in total. The summed E-state index contributed by atoms with van der Waals surface area (Å²) in [5.41, 5.74) is 2.09. The lowest BCUT2D eigenvalue weighted by molar-refractivity contribution is -0.115. The summed E-state index contributed by atoms with van der Waals surface area (Å²) in [4.78, 5) is 12.9. The van der Waals surface area contributed by atoms with Crippen molar-refractivity contribution in [3.05, 3.63) is 58.6 Å². The van der Waals surface area contributed by atoms with Gasteiger partial charge in [-0.05, 0) is 48.6 Å². The lowest BCUT2D eigenvalue weighted by Gasteiger charge is -2.11. The van der Waals surface area contributed by atoms with E-state index in [9.17, 15) is 13.2 Å². The minimum Gasteiger partial charge on any atom is -0.324 e. The molecule has 0 heterocycles. The van der Waals surface area contributed by atoms with Crippen molar-refractivity contribution in [2.45, 2.75) is 17.6 Å². The molecule has 0 aliphatic carbocycles. The number of aryl methyl sites for hydroxylation is 1. The van der Waals surface area contributed by atoms with E-state index in [1.54, 1.807) is 30.3 Å². The maximum absolute atomic E-state index is 12.2. The highest BCUT2D eigenvalue weighted by Crippen LogP contribution is 2.24. The van der Waals surface area contributed by atoms with E-state index in [-0.39, 0.29) is 12.3 Å². The molecule has 0 atom stereocenters. The normalized spacial score (nSPS) is 11.3. The van der Waals surface area contributed by atoms with Gasteiger partial charge in [-0.1, -0.05) is 29.8 Å². The number of rotatable bonds is 7. The molecule has 2 N–H and O–H groups in total. The van der Waals surface area contributed by atoms with Crippen LogP contribution in [0.15, 0.2) is 47.4 Å². The molecule has 134 valence electrons. The number of anilines is 1. The number of halogens is 1. The summed E-state index contributed by atoms with van der Waals surface area (Å²) in [5, 5.41) is 3.18. The lowest BCUT2D eigenvalue weighted by Crippen LogP contribution is -2.33. The lowest BCUT2D eigenvalue weighted by atomic mass is 10.1. The van der Waals surface area contributed by atoms with Gasteiger partial charge >= 0.3 is 0 Å². The van der Waals surface area contributed by atoms with Crippen molar-refractivity contribution in [2.75, 3.05) is 18.1 Å². The number of amides is 1. The molecule has 0 bridgehead atoms. The van der Waals surface area contributed by atoms with Gasteiger partial charge in [0.15, 0.2) is 0 Å². The quantitative estimate of drug-likeness (QED) is 0.700. The van der Waals surface area contributed by atoms with Crippen LogP contribution >= 0.6 is 23.4 Å². The number of para-hydroxylation sites is 1. The largest absolute Gasteiger partial charge is 0.324 e. The Morgan fingerprint density at radius 2 is 1.92 bits per heavy atom. The third-order valence-corrected chi connectivity index (χ3v) is 5.80. The van der Waals surface area contributed by atoms with Gasteiger partial charge in [-0.25, -0.2) is 13.1 Å². The van der Waals surface area contributed by atoms with Gasteiger partial charge in [-0.15, -0.1) is 11.8 Å². The fraction of sp³-hybridized carbons (Fsp3) is 0.235. The fourth-order valence-corrected chi connectivity index (χ4v) is 4.09. The molecule has 1 amide bonds. The first kappa shape index (κ1) is 19.8. The van der Waals surface area contributed by atoms with E-state index in [1.807, 2.05) is 25.3 Å². The summed E-state index contributed by atoms with van der Waals surface area (Å²) in [6.45, 7) is 1.48. The second kappa shape index (κ2) is 8.71. The number of sulfonamides is 1. The average Bonchev–Trinajstić information content (AvgIpc) is 2.57. The number of hydrogen-bond donors (Lipinski definition) is 2. The minimum atomic E-state index is -3.65. The molecule has 2 aromatic carbocycles. The highest BCUT2D eigenvalue weighted by Gasteiger charge is 2.15. The molecule has 0 fully saturated rings. The zero-order valence-corrected chi connectivity index (χ0v) is 16.3. The van der Waals surface area contributed by atoms with E-state index in [1.165, 1.54) is 11.8 Å². The molecule has 2 aromatic rings. The molecular formula is C17H19ClN2O3S2. The van der Waals surface area contributed by atoms with Gasteiger partial charge in [0.05, 0.1) is 18.0 Å². The summed E-state index contributed by atoms with van der Waals surface area (Å²) in [7, 11) is -3.65. The van der Waals surface area contributed by atoms with Crippen molar-refractivity contribution in [1.29, 1.82) is 0 Å². The molecule has 0 aliphatic heterocycles. The monoisotopic (exact) mass is 398 g/mol. The third kappa shape index (κ3) is 6.04. The molecule has 0 spiro atoms. The summed E-state index contributed by atoms with van der Waals surface area (Å²) >= 11 is 7.41. The van der Waals surface area contributed by atoms with Crippen molar-refractivity contribution in [2.24, 2.45) is 0 Å². The Hall–Kier alpha value is -1.54. The number of nitrogens with one attached hydrogen (secondary N) is 2. The van der Waals surface area contributed by atoms with Crippen molar-refractivity contribution < 1.29 is 13.2 Å². The van der Waals surface area contributed by atoms with Crippen LogP contribution in [0.5, 0.6) is 0 Å². The Balaban J connectivity index is 1.97. The van der Waals surface area contributed by atoms with E-state index >= 15 is 0 Å². The molecule has 2 rings (SSSR count). The van der Waals surface area contributed by atoms with E-state index in [4.69, 9.17) is 11.6 Å². The van der Waals surface area contributed by atoms with Gasteiger partial charge < -0.3 is 5.32 Å². The van der Waals surface area contributed by atoms with Crippen LogP contribution in [0.2, 0.25) is 5.02 Å². The van der Waals surface area contributed by atoms with Crippen LogP contribution in [0, 0.1) is 6.92 Å². The molecule has 0 radical (unpaired) electrons. The standard InChI is InChI=1S/C17H19ClN2O3S2/c1-12-7-8-14(18)9-13(12)11-25(22,23)19-10-17(21)20-15-5-3-4-6-16(15)24-2/h3-9,19H,10-11H2,1-2H3,(H,20,21). The fourth-order valence-electron chi connectivity index (χ4n) is 2.17. The third-order valence-electron chi connectivity index (χ3n) is 3.49. The smallest absolute Gasteiger partial charge is 0.239 e. The minimum absolute atomic E-state index is 0.228. The Labute approximate surface area is 157 Å². The highest BCUT2D eigenvalue weighted by atomic mass is 35.5. The van der Waals surface area contributed by atoms with Crippen LogP contribution in [0.25, 0.3) is 0 Å². The first-order valence-corrected chi connectivity index (χ1v) is 10.7. The number of carbonyl (C=O) groups is 1. The Kier molecular flexibility index (Phi) is 6.89. The molecule has 0 saturated heterocycles. The molecule has 0 saturated carbocycles. The van der Waals surface area contributed by atoms with E-state index < -0.39 is 15.9 Å². The topological polar surface area (TPSA) is 75.3 Å².